The lowest BCUT2D eigenvalue weighted by Crippen LogP contribution is -2.04. The lowest BCUT2D eigenvalue weighted by atomic mass is 9.96. The maximum absolute atomic E-state index is 10.7. The molecule has 1 unspecified atom stereocenters. The topological polar surface area (TPSA) is 32.3 Å². The maximum atomic E-state index is 10.7. The van der Waals surface area contributed by atoms with E-state index in [1.807, 2.05) is 24.3 Å². The zero-order valence-electron chi connectivity index (χ0n) is 11.9. The number of hydrogen-bond donors (Lipinski definition) is 2. The number of benzene rings is 2. The van der Waals surface area contributed by atoms with Gasteiger partial charge in [-0.1, -0.05) is 55.8 Å². The van der Waals surface area contributed by atoms with Gasteiger partial charge in [-0.3, -0.25) is 0 Å². The minimum Gasteiger partial charge on any atom is -0.384 e. The summed E-state index contributed by atoms with van der Waals surface area (Å²) in [6.07, 6.45) is 2.69. The van der Waals surface area contributed by atoms with Crippen molar-refractivity contribution < 1.29 is 5.11 Å². The molecule has 0 saturated heterocycles. The molecule has 0 aromatic heterocycles. The standard InChI is InChI=1S/C18H21NO/c1-2-5-13-6-3-8-15(12-13)18(20)16-9-4-7-14-10-11-19-17(14)16/h3-4,6-9,12,18-20H,2,5,10-11H2,1H3. The Morgan fingerprint density at radius 2 is 2.05 bits per heavy atom. The van der Waals surface area contributed by atoms with Crippen LogP contribution in [0.15, 0.2) is 42.5 Å². The van der Waals surface area contributed by atoms with Crippen molar-refractivity contribution in [1.82, 2.24) is 0 Å². The Morgan fingerprint density at radius 3 is 2.90 bits per heavy atom. The summed E-state index contributed by atoms with van der Waals surface area (Å²) in [4.78, 5) is 0. The van der Waals surface area contributed by atoms with Gasteiger partial charge in [0.25, 0.3) is 0 Å². The van der Waals surface area contributed by atoms with Gasteiger partial charge in [0.1, 0.15) is 6.10 Å². The van der Waals surface area contributed by atoms with Gasteiger partial charge in [-0.25, -0.2) is 0 Å². The van der Waals surface area contributed by atoms with E-state index in [9.17, 15) is 5.11 Å². The van der Waals surface area contributed by atoms with Crippen molar-refractivity contribution in [2.75, 3.05) is 11.9 Å². The fraction of sp³-hybridized carbons (Fsp3) is 0.333. The molecule has 2 heteroatoms. The van der Waals surface area contributed by atoms with E-state index < -0.39 is 6.10 Å². The van der Waals surface area contributed by atoms with Crippen LogP contribution >= 0.6 is 0 Å². The molecule has 1 atom stereocenters. The van der Waals surface area contributed by atoms with E-state index in [4.69, 9.17) is 0 Å². The molecule has 3 rings (SSSR count). The minimum absolute atomic E-state index is 0.549. The van der Waals surface area contributed by atoms with Gasteiger partial charge in [-0.2, -0.15) is 0 Å². The van der Waals surface area contributed by atoms with Crippen molar-refractivity contribution in [3.05, 3.63) is 64.7 Å². The van der Waals surface area contributed by atoms with Crippen LogP contribution in [0.5, 0.6) is 0 Å². The van der Waals surface area contributed by atoms with Gasteiger partial charge < -0.3 is 10.4 Å². The number of aliphatic hydroxyl groups is 1. The van der Waals surface area contributed by atoms with Crippen LogP contribution < -0.4 is 5.32 Å². The van der Waals surface area contributed by atoms with Gasteiger partial charge in [-0.05, 0) is 29.5 Å². The molecule has 2 nitrogen and oxygen atoms in total. The van der Waals surface area contributed by atoms with Crippen molar-refractivity contribution in [3.8, 4) is 0 Å². The maximum Gasteiger partial charge on any atom is 0.106 e. The summed E-state index contributed by atoms with van der Waals surface area (Å²) < 4.78 is 0. The molecule has 0 spiro atoms. The highest BCUT2D eigenvalue weighted by atomic mass is 16.3. The number of rotatable bonds is 4. The first-order valence-electron chi connectivity index (χ1n) is 7.42. The Balaban J connectivity index is 1.95. The summed E-state index contributed by atoms with van der Waals surface area (Å²) in [6.45, 7) is 3.14. The Hall–Kier alpha value is -1.80. The third-order valence-electron chi connectivity index (χ3n) is 3.98. The summed E-state index contributed by atoms with van der Waals surface area (Å²) in [5, 5.41) is 14.1. The third-order valence-corrected chi connectivity index (χ3v) is 3.98. The number of aliphatic hydroxyl groups excluding tert-OH is 1. The molecular weight excluding hydrogens is 246 g/mol. The van der Waals surface area contributed by atoms with Crippen molar-refractivity contribution >= 4 is 5.69 Å². The molecule has 2 aromatic rings. The van der Waals surface area contributed by atoms with Crippen molar-refractivity contribution in [3.63, 3.8) is 0 Å². The largest absolute Gasteiger partial charge is 0.384 e. The van der Waals surface area contributed by atoms with Crippen LogP contribution in [0.1, 0.15) is 41.7 Å². The third kappa shape index (κ3) is 2.44. The Morgan fingerprint density at radius 1 is 1.20 bits per heavy atom. The van der Waals surface area contributed by atoms with Crippen molar-refractivity contribution in [2.45, 2.75) is 32.3 Å². The average molecular weight is 267 g/mol. The molecule has 0 saturated carbocycles. The second-order valence-corrected chi connectivity index (χ2v) is 5.46. The van der Waals surface area contributed by atoms with E-state index in [0.717, 1.165) is 42.6 Å². The highest BCUT2D eigenvalue weighted by molar-refractivity contribution is 5.63. The summed E-state index contributed by atoms with van der Waals surface area (Å²) in [7, 11) is 0. The van der Waals surface area contributed by atoms with E-state index in [1.54, 1.807) is 0 Å². The highest BCUT2D eigenvalue weighted by Gasteiger charge is 2.20. The molecule has 1 heterocycles. The lowest BCUT2D eigenvalue weighted by molar-refractivity contribution is 0.221. The van der Waals surface area contributed by atoms with E-state index >= 15 is 0 Å². The molecule has 104 valence electrons. The van der Waals surface area contributed by atoms with Crippen LogP contribution in [0, 0.1) is 0 Å². The quantitative estimate of drug-likeness (QED) is 0.885. The molecule has 0 fully saturated rings. The summed E-state index contributed by atoms with van der Waals surface area (Å²) in [5.41, 5.74) is 5.71. The van der Waals surface area contributed by atoms with Crippen LogP contribution in [-0.4, -0.2) is 11.7 Å². The Bertz CT molecular complexity index is 606. The van der Waals surface area contributed by atoms with E-state index in [-0.39, 0.29) is 0 Å². The second-order valence-electron chi connectivity index (χ2n) is 5.46. The van der Waals surface area contributed by atoms with Gasteiger partial charge in [0.2, 0.25) is 0 Å². The normalized spacial score (nSPS) is 14.7. The van der Waals surface area contributed by atoms with E-state index in [2.05, 4.69) is 30.4 Å². The number of nitrogens with one attached hydrogen (secondary N) is 1. The molecule has 0 bridgehead atoms. The number of fused-ring (bicyclic) bond motifs is 1. The molecule has 0 aliphatic carbocycles. The lowest BCUT2D eigenvalue weighted by Gasteiger charge is -2.16. The Labute approximate surface area is 120 Å². The van der Waals surface area contributed by atoms with Crippen LogP contribution in [0.25, 0.3) is 0 Å². The monoisotopic (exact) mass is 267 g/mol. The van der Waals surface area contributed by atoms with Crippen molar-refractivity contribution in [2.24, 2.45) is 0 Å². The second kappa shape index (κ2) is 5.68. The fourth-order valence-electron chi connectivity index (χ4n) is 2.98. The first kappa shape index (κ1) is 13.2. The average Bonchev–Trinajstić information content (AvgIpc) is 2.95. The first-order valence-corrected chi connectivity index (χ1v) is 7.42. The number of para-hydroxylation sites is 1. The molecule has 20 heavy (non-hydrogen) atoms. The zero-order valence-corrected chi connectivity index (χ0v) is 11.9. The van der Waals surface area contributed by atoms with E-state index in [1.165, 1.54) is 11.1 Å². The summed E-state index contributed by atoms with van der Waals surface area (Å²) in [5.74, 6) is 0. The molecule has 2 N–H and O–H groups in total. The zero-order chi connectivity index (χ0) is 13.9. The highest BCUT2D eigenvalue weighted by Crippen LogP contribution is 2.34. The van der Waals surface area contributed by atoms with Gasteiger partial charge in [-0.15, -0.1) is 0 Å². The SMILES string of the molecule is CCCc1cccc(C(O)c2cccc3c2NCC3)c1. The fourth-order valence-corrected chi connectivity index (χ4v) is 2.98. The van der Waals surface area contributed by atoms with Gasteiger partial charge >= 0.3 is 0 Å². The number of aryl methyl sites for hydroxylation is 1. The van der Waals surface area contributed by atoms with Crippen LogP contribution in [0.4, 0.5) is 5.69 Å². The van der Waals surface area contributed by atoms with Gasteiger partial charge in [0.15, 0.2) is 0 Å². The van der Waals surface area contributed by atoms with Crippen LogP contribution in [0.2, 0.25) is 0 Å². The predicted molar refractivity (Wildman–Crippen MR) is 83.1 cm³/mol. The molecule has 1 aliphatic rings. The Kier molecular flexibility index (Phi) is 3.75. The molecule has 2 aromatic carbocycles. The molecule has 0 amide bonds. The molecule has 0 radical (unpaired) electrons. The molecular formula is C18H21NO. The first-order chi connectivity index (χ1) is 9.79. The van der Waals surface area contributed by atoms with Crippen molar-refractivity contribution in [1.29, 1.82) is 0 Å². The minimum atomic E-state index is -0.549. The molecule has 1 aliphatic heterocycles. The summed E-state index contributed by atoms with van der Waals surface area (Å²) >= 11 is 0. The van der Waals surface area contributed by atoms with Crippen LogP contribution in [-0.2, 0) is 12.8 Å². The predicted octanol–water partition coefficient (Wildman–Crippen LogP) is 3.69. The number of hydrogen-bond acceptors (Lipinski definition) is 2. The van der Waals surface area contributed by atoms with Gasteiger partial charge in [0.05, 0.1) is 0 Å². The van der Waals surface area contributed by atoms with Crippen LogP contribution in [0.3, 0.4) is 0 Å². The smallest absolute Gasteiger partial charge is 0.106 e. The number of anilines is 1. The van der Waals surface area contributed by atoms with E-state index in [0.29, 0.717) is 0 Å². The van der Waals surface area contributed by atoms with Gasteiger partial charge in [0, 0.05) is 17.8 Å². The summed E-state index contributed by atoms with van der Waals surface area (Å²) in [6, 6.07) is 14.5.